The first kappa shape index (κ1) is 16.5. The van der Waals surface area contributed by atoms with Crippen LogP contribution in [0.1, 0.15) is 20.8 Å². The molecule has 0 saturated carbocycles. The molecule has 2 atom stereocenters. The molecule has 1 saturated heterocycles. The van der Waals surface area contributed by atoms with E-state index in [-0.39, 0.29) is 6.10 Å². The van der Waals surface area contributed by atoms with Crippen molar-refractivity contribution in [3.63, 3.8) is 0 Å². The van der Waals surface area contributed by atoms with E-state index in [4.69, 9.17) is 25.6 Å². The van der Waals surface area contributed by atoms with Crippen molar-refractivity contribution in [3.8, 4) is 0 Å². The van der Waals surface area contributed by atoms with Crippen LogP contribution in [-0.4, -0.2) is 57.1 Å². The van der Waals surface area contributed by atoms with E-state index < -0.39 is 6.49 Å². The molecule has 0 aromatic heterocycles. The zero-order valence-electron chi connectivity index (χ0n) is 11.9. The van der Waals surface area contributed by atoms with Crippen LogP contribution >= 0.6 is 6.49 Å². The normalized spacial score (nSPS) is 22.9. The topological polar surface area (TPSA) is 30.9 Å². The van der Waals surface area contributed by atoms with Crippen molar-refractivity contribution in [1.82, 2.24) is 4.90 Å². The van der Waals surface area contributed by atoms with E-state index in [9.17, 15) is 0 Å². The predicted molar refractivity (Wildman–Crippen MR) is 78.8 cm³/mol. The average molecular weight is 295 g/mol. The standard InChI is InChI=1S/C12H26NO3PS/c1-11(2)10-15-17(4,18)16-12(3)9-13-5-7-14-8-6-13/h11-12H,5-10H2,1-4H3/t12-,17+/m0/s1. The van der Waals surface area contributed by atoms with Crippen LogP contribution in [0.3, 0.4) is 0 Å². The van der Waals surface area contributed by atoms with Gasteiger partial charge in [0.25, 0.3) is 0 Å². The van der Waals surface area contributed by atoms with Gasteiger partial charge in [-0.1, -0.05) is 13.8 Å². The third-order valence-electron chi connectivity index (χ3n) is 2.63. The summed E-state index contributed by atoms with van der Waals surface area (Å²) >= 11 is 5.43. The van der Waals surface area contributed by atoms with Gasteiger partial charge >= 0.3 is 0 Å². The zero-order chi connectivity index (χ0) is 13.6. The molecular formula is C12H26NO3PS. The lowest BCUT2D eigenvalue weighted by Gasteiger charge is -2.31. The summed E-state index contributed by atoms with van der Waals surface area (Å²) in [6.07, 6.45) is 0.117. The Kier molecular flexibility index (Phi) is 7.29. The van der Waals surface area contributed by atoms with Crippen molar-refractivity contribution in [2.75, 3.05) is 46.1 Å². The van der Waals surface area contributed by atoms with E-state index >= 15 is 0 Å². The van der Waals surface area contributed by atoms with Gasteiger partial charge in [0.1, 0.15) is 0 Å². The molecule has 108 valence electrons. The van der Waals surface area contributed by atoms with Crippen LogP contribution in [-0.2, 0) is 25.6 Å². The molecule has 1 rings (SSSR count). The Labute approximate surface area is 116 Å². The predicted octanol–water partition coefficient (Wildman–Crippen LogP) is 2.34. The summed E-state index contributed by atoms with van der Waals surface area (Å²) in [6.45, 7) is 11.3. The molecule has 6 heteroatoms. The molecule has 0 unspecified atom stereocenters. The third-order valence-corrected chi connectivity index (χ3v) is 4.57. The van der Waals surface area contributed by atoms with Crippen molar-refractivity contribution in [3.05, 3.63) is 0 Å². The van der Waals surface area contributed by atoms with Crippen LogP contribution in [0.4, 0.5) is 0 Å². The van der Waals surface area contributed by atoms with Crippen LogP contribution < -0.4 is 0 Å². The monoisotopic (exact) mass is 295 g/mol. The summed E-state index contributed by atoms with van der Waals surface area (Å²) in [4.78, 5) is 2.35. The lowest BCUT2D eigenvalue weighted by Crippen LogP contribution is -2.40. The molecule has 0 spiro atoms. The largest absolute Gasteiger partial charge is 0.379 e. The van der Waals surface area contributed by atoms with Gasteiger partial charge in [0.2, 0.25) is 0 Å². The molecule has 4 nitrogen and oxygen atoms in total. The van der Waals surface area contributed by atoms with Gasteiger partial charge in [-0.2, -0.15) is 0 Å². The highest BCUT2D eigenvalue weighted by Crippen LogP contribution is 2.46. The van der Waals surface area contributed by atoms with Gasteiger partial charge in [0.05, 0.1) is 25.9 Å². The number of hydrogen-bond donors (Lipinski definition) is 0. The van der Waals surface area contributed by atoms with Crippen molar-refractivity contribution in [1.29, 1.82) is 0 Å². The second-order valence-electron chi connectivity index (χ2n) is 5.29. The molecule has 0 aliphatic carbocycles. The van der Waals surface area contributed by atoms with Crippen molar-refractivity contribution in [2.24, 2.45) is 5.92 Å². The molecule has 1 heterocycles. The van der Waals surface area contributed by atoms with Gasteiger partial charge < -0.3 is 13.8 Å². The fourth-order valence-corrected chi connectivity index (χ4v) is 3.80. The first-order valence-corrected chi connectivity index (χ1v) is 9.68. The average Bonchev–Trinajstić information content (AvgIpc) is 2.27. The van der Waals surface area contributed by atoms with Gasteiger partial charge in [-0.25, -0.2) is 0 Å². The molecule has 18 heavy (non-hydrogen) atoms. The van der Waals surface area contributed by atoms with Crippen molar-refractivity contribution >= 4 is 18.3 Å². The number of rotatable bonds is 7. The molecule has 0 amide bonds. The number of ether oxygens (including phenoxy) is 1. The second kappa shape index (κ2) is 7.93. The molecular weight excluding hydrogens is 269 g/mol. The molecule has 1 aliphatic rings. The maximum absolute atomic E-state index is 5.91. The van der Waals surface area contributed by atoms with Crippen LogP contribution in [0, 0.1) is 5.92 Å². The van der Waals surface area contributed by atoms with Gasteiger partial charge in [-0.05, 0) is 24.6 Å². The minimum Gasteiger partial charge on any atom is -0.379 e. The molecule has 0 radical (unpaired) electrons. The van der Waals surface area contributed by atoms with Gasteiger partial charge in [0.15, 0.2) is 6.49 Å². The lowest BCUT2D eigenvalue weighted by molar-refractivity contribution is 0.0213. The minimum absolute atomic E-state index is 0.117. The molecule has 0 bridgehead atoms. The summed E-state index contributed by atoms with van der Waals surface area (Å²) in [5, 5.41) is 0. The smallest absolute Gasteiger partial charge is 0.185 e. The first-order valence-electron chi connectivity index (χ1n) is 6.59. The Hall–Kier alpha value is 0.490. The van der Waals surface area contributed by atoms with E-state index in [0.717, 1.165) is 32.8 Å². The SMILES string of the molecule is CC(C)CO[P@@](C)(=S)O[C@@H](C)CN1CCOCC1. The Balaban J connectivity index is 2.28. The van der Waals surface area contributed by atoms with E-state index in [1.54, 1.807) is 0 Å². The summed E-state index contributed by atoms with van der Waals surface area (Å²) in [5.41, 5.74) is 0. The van der Waals surface area contributed by atoms with E-state index in [1.165, 1.54) is 0 Å². The summed E-state index contributed by atoms with van der Waals surface area (Å²) in [7, 11) is 0. The maximum Gasteiger partial charge on any atom is 0.185 e. The highest BCUT2D eigenvalue weighted by Gasteiger charge is 2.20. The maximum atomic E-state index is 5.91. The Morgan fingerprint density at radius 3 is 2.44 bits per heavy atom. The minimum atomic E-state index is -2.09. The van der Waals surface area contributed by atoms with Crippen molar-refractivity contribution < 1.29 is 13.8 Å². The highest BCUT2D eigenvalue weighted by molar-refractivity contribution is 8.09. The van der Waals surface area contributed by atoms with Crippen molar-refractivity contribution in [2.45, 2.75) is 26.9 Å². The fourth-order valence-electron chi connectivity index (χ4n) is 1.82. The Morgan fingerprint density at radius 1 is 1.28 bits per heavy atom. The van der Waals surface area contributed by atoms with Gasteiger partial charge in [-0.3, -0.25) is 4.90 Å². The Morgan fingerprint density at radius 2 is 1.89 bits per heavy atom. The summed E-state index contributed by atoms with van der Waals surface area (Å²) in [5.74, 6) is 0.491. The summed E-state index contributed by atoms with van der Waals surface area (Å²) in [6, 6.07) is 0. The van der Waals surface area contributed by atoms with Crippen LogP contribution in [0.15, 0.2) is 0 Å². The summed E-state index contributed by atoms with van der Waals surface area (Å²) < 4.78 is 16.9. The Bertz CT molecular complexity index is 282. The first-order chi connectivity index (χ1) is 8.39. The fraction of sp³-hybridized carbons (Fsp3) is 1.00. The molecule has 0 aromatic carbocycles. The van der Waals surface area contributed by atoms with E-state index in [2.05, 4.69) is 25.7 Å². The number of nitrogens with zero attached hydrogens (tertiary/aromatic N) is 1. The molecule has 1 fully saturated rings. The molecule has 0 aromatic rings. The number of hydrogen-bond acceptors (Lipinski definition) is 5. The van der Waals surface area contributed by atoms with Crippen LogP contribution in [0.5, 0.6) is 0 Å². The number of morpholine rings is 1. The van der Waals surface area contributed by atoms with Crippen LogP contribution in [0.2, 0.25) is 0 Å². The molecule has 1 aliphatic heterocycles. The van der Waals surface area contributed by atoms with Crippen LogP contribution in [0.25, 0.3) is 0 Å². The highest BCUT2D eigenvalue weighted by atomic mass is 32.5. The van der Waals surface area contributed by atoms with Gasteiger partial charge in [0, 0.05) is 26.3 Å². The molecule has 0 N–H and O–H groups in total. The zero-order valence-corrected chi connectivity index (χ0v) is 13.6. The van der Waals surface area contributed by atoms with E-state index in [0.29, 0.717) is 12.5 Å². The second-order valence-corrected chi connectivity index (χ2v) is 9.29. The van der Waals surface area contributed by atoms with E-state index in [1.807, 2.05) is 6.66 Å². The lowest BCUT2D eigenvalue weighted by atomic mass is 10.2. The third kappa shape index (κ3) is 7.17. The van der Waals surface area contributed by atoms with Gasteiger partial charge in [-0.15, -0.1) is 0 Å². The quantitative estimate of drug-likeness (QED) is 0.673.